The van der Waals surface area contributed by atoms with Crippen LogP contribution < -0.4 is 5.32 Å². The minimum atomic E-state index is 0.847. The van der Waals surface area contributed by atoms with Gasteiger partial charge < -0.3 is 5.32 Å². The first-order chi connectivity index (χ1) is 7.24. The number of hydrogen-bond donors (Lipinski definition) is 1. The van der Waals surface area contributed by atoms with E-state index < -0.39 is 0 Å². The lowest BCUT2D eigenvalue weighted by atomic mass is 10.3. The predicted molar refractivity (Wildman–Crippen MR) is 74.4 cm³/mol. The number of rotatable bonds is 2. The average Bonchev–Trinajstić information content (AvgIpc) is 2.22. The Hall–Kier alpha value is -0.620. The van der Waals surface area contributed by atoms with Crippen LogP contribution in [-0.4, -0.2) is 4.98 Å². The molecule has 0 fully saturated rings. The monoisotopic (exact) mass is 374 g/mol. The number of aromatic nitrogens is 1. The highest BCUT2D eigenvalue weighted by molar-refractivity contribution is 14.1. The van der Waals surface area contributed by atoms with Crippen LogP contribution in [0.2, 0.25) is 0 Å². The van der Waals surface area contributed by atoms with E-state index in [0.717, 1.165) is 16.0 Å². The second-order valence-corrected chi connectivity index (χ2v) is 5.16. The van der Waals surface area contributed by atoms with E-state index in [0.29, 0.717) is 0 Å². The van der Waals surface area contributed by atoms with Crippen molar-refractivity contribution in [1.82, 2.24) is 4.98 Å². The molecule has 1 aromatic heterocycles. The smallest absolute Gasteiger partial charge is 0.130 e. The third-order valence-electron chi connectivity index (χ3n) is 1.82. The zero-order chi connectivity index (χ0) is 10.7. The molecule has 0 spiro atoms. The summed E-state index contributed by atoms with van der Waals surface area (Å²) in [4.78, 5) is 4.24. The Bertz CT molecular complexity index is 456. The van der Waals surface area contributed by atoms with E-state index in [2.05, 4.69) is 61.0 Å². The lowest BCUT2D eigenvalue weighted by Crippen LogP contribution is -1.92. The Morgan fingerprint density at radius 3 is 2.73 bits per heavy atom. The van der Waals surface area contributed by atoms with Gasteiger partial charge in [0.25, 0.3) is 0 Å². The van der Waals surface area contributed by atoms with Gasteiger partial charge in [-0.15, -0.1) is 0 Å². The fraction of sp³-hybridized carbons (Fsp3) is 0. The van der Waals surface area contributed by atoms with E-state index in [4.69, 9.17) is 0 Å². The quantitative estimate of drug-likeness (QED) is 0.797. The van der Waals surface area contributed by atoms with Gasteiger partial charge >= 0.3 is 0 Å². The molecule has 0 aliphatic carbocycles. The van der Waals surface area contributed by atoms with Crippen LogP contribution in [-0.2, 0) is 0 Å². The summed E-state index contributed by atoms with van der Waals surface area (Å²) in [6.45, 7) is 0. The fourth-order valence-electron chi connectivity index (χ4n) is 1.16. The molecule has 0 saturated carbocycles. The molecule has 0 saturated heterocycles. The SMILES string of the molecule is Brc1ccc(Nc2cccc(I)c2)nc1. The number of nitrogens with zero attached hydrogens (tertiary/aromatic N) is 1. The lowest BCUT2D eigenvalue weighted by Gasteiger charge is -2.05. The van der Waals surface area contributed by atoms with E-state index in [-0.39, 0.29) is 0 Å². The number of halogens is 2. The third kappa shape index (κ3) is 3.17. The second-order valence-electron chi connectivity index (χ2n) is 3.00. The van der Waals surface area contributed by atoms with Crippen LogP contribution in [0.3, 0.4) is 0 Å². The van der Waals surface area contributed by atoms with Crippen molar-refractivity contribution >= 4 is 50.0 Å². The van der Waals surface area contributed by atoms with Crippen molar-refractivity contribution in [2.45, 2.75) is 0 Å². The summed E-state index contributed by atoms with van der Waals surface area (Å²) in [7, 11) is 0. The Morgan fingerprint density at radius 2 is 2.07 bits per heavy atom. The Kier molecular flexibility index (Phi) is 3.58. The van der Waals surface area contributed by atoms with E-state index in [1.165, 1.54) is 3.57 Å². The maximum atomic E-state index is 4.24. The van der Waals surface area contributed by atoms with Crippen LogP contribution in [0.4, 0.5) is 11.5 Å². The van der Waals surface area contributed by atoms with Gasteiger partial charge in [0.1, 0.15) is 5.82 Å². The summed E-state index contributed by atoms with van der Waals surface area (Å²) in [6, 6.07) is 12.1. The molecule has 0 amide bonds. The molecule has 0 atom stereocenters. The van der Waals surface area contributed by atoms with Crippen LogP contribution in [0, 0.1) is 3.57 Å². The van der Waals surface area contributed by atoms with E-state index in [9.17, 15) is 0 Å². The van der Waals surface area contributed by atoms with Crippen LogP contribution in [0.5, 0.6) is 0 Å². The maximum Gasteiger partial charge on any atom is 0.130 e. The molecule has 4 heteroatoms. The first-order valence-corrected chi connectivity index (χ1v) is 6.25. The molecule has 15 heavy (non-hydrogen) atoms. The molecule has 0 bridgehead atoms. The topological polar surface area (TPSA) is 24.9 Å². The molecule has 0 aliphatic rings. The van der Waals surface area contributed by atoms with Gasteiger partial charge in [0, 0.05) is 19.9 Å². The summed E-state index contributed by atoms with van der Waals surface area (Å²) in [6.07, 6.45) is 1.77. The first kappa shape index (κ1) is 10.9. The van der Waals surface area contributed by atoms with E-state index in [1.54, 1.807) is 6.20 Å². The minimum Gasteiger partial charge on any atom is -0.340 e. The highest BCUT2D eigenvalue weighted by Gasteiger charge is 1.96. The standard InChI is InChI=1S/C11H8BrIN2/c12-8-4-5-11(14-7-8)15-10-3-1-2-9(13)6-10/h1-7H,(H,14,15). The second kappa shape index (κ2) is 4.94. The lowest BCUT2D eigenvalue weighted by molar-refractivity contribution is 1.29. The molecule has 0 aliphatic heterocycles. The van der Waals surface area contributed by atoms with Gasteiger partial charge in [-0.2, -0.15) is 0 Å². The summed E-state index contributed by atoms with van der Waals surface area (Å²) < 4.78 is 2.19. The first-order valence-electron chi connectivity index (χ1n) is 4.38. The minimum absolute atomic E-state index is 0.847. The Morgan fingerprint density at radius 1 is 1.20 bits per heavy atom. The van der Waals surface area contributed by atoms with Gasteiger partial charge in [-0.1, -0.05) is 6.07 Å². The molecule has 76 valence electrons. The van der Waals surface area contributed by atoms with Gasteiger partial charge in [-0.05, 0) is 68.9 Å². The molecule has 0 radical (unpaired) electrons. The highest BCUT2D eigenvalue weighted by atomic mass is 127. The van der Waals surface area contributed by atoms with E-state index in [1.807, 2.05) is 24.3 Å². The fourth-order valence-corrected chi connectivity index (χ4v) is 1.94. The van der Waals surface area contributed by atoms with Crippen LogP contribution >= 0.6 is 38.5 Å². The van der Waals surface area contributed by atoms with Crippen molar-refractivity contribution < 1.29 is 0 Å². The zero-order valence-electron chi connectivity index (χ0n) is 7.74. The molecule has 1 N–H and O–H groups in total. The van der Waals surface area contributed by atoms with Crippen molar-refractivity contribution in [3.8, 4) is 0 Å². The van der Waals surface area contributed by atoms with Crippen LogP contribution in [0.15, 0.2) is 47.1 Å². The molecule has 2 nitrogen and oxygen atoms in total. The summed E-state index contributed by atoms with van der Waals surface area (Å²) in [5.41, 5.74) is 1.05. The van der Waals surface area contributed by atoms with Gasteiger partial charge in [0.15, 0.2) is 0 Å². The molecule has 0 unspecified atom stereocenters. The van der Waals surface area contributed by atoms with Crippen molar-refractivity contribution in [1.29, 1.82) is 0 Å². The number of nitrogens with one attached hydrogen (secondary N) is 1. The Labute approximate surface area is 110 Å². The van der Waals surface area contributed by atoms with Crippen LogP contribution in [0.1, 0.15) is 0 Å². The van der Waals surface area contributed by atoms with Crippen molar-refractivity contribution in [3.63, 3.8) is 0 Å². The van der Waals surface area contributed by atoms with Gasteiger partial charge in [-0.3, -0.25) is 0 Å². The maximum absolute atomic E-state index is 4.24. The highest BCUT2D eigenvalue weighted by Crippen LogP contribution is 2.18. The molecule has 1 aromatic carbocycles. The van der Waals surface area contributed by atoms with E-state index >= 15 is 0 Å². The third-order valence-corrected chi connectivity index (χ3v) is 2.96. The molecular formula is C11H8BrIN2. The number of hydrogen-bond acceptors (Lipinski definition) is 2. The van der Waals surface area contributed by atoms with Crippen LogP contribution in [0.25, 0.3) is 0 Å². The van der Waals surface area contributed by atoms with Gasteiger partial charge in [0.2, 0.25) is 0 Å². The van der Waals surface area contributed by atoms with Crippen molar-refractivity contribution in [2.75, 3.05) is 5.32 Å². The summed E-state index contributed by atoms with van der Waals surface area (Å²) in [5, 5.41) is 3.24. The molecule has 2 rings (SSSR count). The molecular weight excluding hydrogens is 367 g/mol. The average molecular weight is 375 g/mol. The number of pyridine rings is 1. The van der Waals surface area contributed by atoms with Gasteiger partial charge in [0.05, 0.1) is 0 Å². The van der Waals surface area contributed by atoms with Crippen molar-refractivity contribution in [2.24, 2.45) is 0 Å². The summed E-state index contributed by atoms with van der Waals surface area (Å²) in [5.74, 6) is 0.847. The number of anilines is 2. The van der Waals surface area contributed by atoms with Crippen molar-refractivity contribution in [3.05, 3.63) is 50.6 Å². The normalized spacial score (nSPS) is 10.0. The Balaban J connectivity index is 2.18. The zero-order valence-corrected chi connectivity index (χ0v) is 11.5. The molecule has 1 heterocycles. The predicted octanol–water partition coefficient (Wildman–Crippen LogP) is 4.19. The van der Waals surface area contributed by atoms with Gasteiger partial charge in [-0.25, -0.2) is 4.98 Å². The number of benzene rings is 1. The molecule has 2 aromatic rings. The summed E-state index contributed by atoms with van der Waals surface area (Å²) >= 11 is 5.64. The largest absolute Gasteiger partial charge is 0.340 e.